The number of pyridine rings is 1. The maximum Gasteiger partial charge on any atom is 0.269 e. The Balaban J connectivity index is 2.03. The highest BCUT2D eigenvalue weighted by Gasteiger charge is 2.16. The Morgan fingerprint density at radius 1 is 1.35 bits per heavy atom. The summed E-state index contributed by atoms with van der Waals surface area (Å²) in [6.07, 6.45) is 5.21. The van der Waals surface area contributed by atoms with Gasteiger partial charge in [0.05, 0.1) is 5.56 Å². The van der Waals surface area contributed by atoms with Crippen LogP contribution < -0.4 is 10.7 Å². The highest BCUT2D eigenvalue weighted by atomic mass is 16.2. The number of nitrogens with zero attached hydrogens (tertiary/aromatic N) is 2. The van der Waals surface area contributed by atoms with Gasteiger partial charge in [0.15, 0.2) is 0 Å². The molecule has 0 unspecified atom stereocenters. The van der Waals surface area contributed by atoms with Crippen molar-refractivity contribution in [1.29, 1.82) is 0 Å². The number of hydrazine groups is 1. The summed E-state index contributed by atoms with van der Waals surface area (Å²) in [4.78, 5) is 16.2. The molecule has 1 aliphatic rings. The Kier molecular flexibility index (Phi) is 3.93. The van der Waals surface area contributed by atoms with E-state index >= 15 is 0 Å². The fourth-order valence-electron chi connectivity index (χ4n) is 2.00. The predicted molar refractivity (Wildman–Crippen MR) is 66.7 cm³/mol. The summed E-state index contributed by atoms with van der Waals surface area (Å²) in [7, 11) is 1.76. The molecule has 1 aromatic heterocycles. The van der Waals surface area contributed by atoms with Gasteiger partial charge in [-0.3, -0.25) is 10.2 Å². The van der Waals surface area contributed by atoms with Crippen LogP contribution >= 0.6 is 0 Å². The molecule has 0 radical (unpaired) electrons. The van der Waals surface area contributed by atoms with Gasteiger partial charge < -0.3 is 5.32 Å². The van der Waals surface area contributed by atoms with E-state index in [0.29, 0.717) is 11.4 Å². The summed E-state index contributed by atoms with van der Waals surface area (Å²) in [6, 6.07) is 3.55. The van der Waals surface area contributed by atoms with E-state index in [4.69, 9.17) is 0 Å². The van der Waals surface area contributed by atoms with E-state index in [1.54, 1.807) is 25.4 Å². The molecule has 0 aliphatic carbocycles. The second-order valence-corrected chi connectivity index (χ2v) is 4.14. The first-order chi connectivity index (χ1) is 8.31. The molecule has 17 heavy (non-hydrogen) atoms. The van der Waals surface area contributed by atoms with Crippen LogP contribution in [-0.4, -0.2) is 36.0 Å². The summed E-state index contributed by atoms with van der Waals surface area (Å²) in [5.41, 5.74) is 3.51. The van der Waals surface area contributed by atoms with Gasteiger partial charge in [-0.25, -0.2) is 9.99 Å². The fraction of sp³-hybridized carbons (Fsp3) is 0.500. The third kappa shape index (κ3) is 2.94. The average Bonchev–Trinajstić information content (AvgIpc) is 2.40. The maximum atomic E-state index is 12.1. The minimum atomic E-state index is -0.0932. The van der Waals surface area contributed by atoms with Crippen molar-refractivity contribution in [2.45, 2.75) is 19.3 Å². The summed E-state index contributed by atoms with van der Waals surface area (Å²) in [6.45, 7) is 1.86. The summed E-state index contributed by atoms with van der Waals surface area (Å²) < 4.78 is 0. The van der Waals surface area contributed by atoms with Gasteiger partial charge in [0.2, 0.25) is 0 Å². The average molecular weight is 234 g/mol. The third-order valence-corrected chi connectivity index (χ3v) is 2.90. The van der Waals surface area contributed by atoms with E-state index in [1.165, 1.54) is 6.42 Å². The number of hydrogen-bond donors (Lipinski definition) is 2. The quantitative estimate of drug-likeness (QED) is 0.826. The van der Waals surface area contributed by atoms with Crippen molar-refractivity contribution in [2.75, 3.05) is 25.5 Å². The molecular weight excluding hydrogens is 216 g/mol. The Labute approximate surface area is 101 Å². The summed E-state index contributed by atoms with van der Waals surface area (Å²) >= 11 is 0. The van der Waals surface area contributed by atoms with E-state index < -0.39 is 0 Å². The molecule has 0 bridgehead atoms. The molecule has 2 N–H and O–H groups in total. The highest BCUT2D eigenvalue weighted by molar-refractivity contribution is 5.98. The molecule has 5 nitrogen and oxygen atoms in total. The maximum absolute atomic E-state index is 12.1. The molecule has 1 amide bonds. The van der Waals surface area contributed by atoms with E-state index in [0.717, 1.165) is 25.9 Å². The smallest absolute Gasteiger partial charge is 0.269 e. The van der Waals surface area contributed by atoms with E-state index in [9.17, 15) is 4.79 Å². The van der Waals surface area contributed by atoms with Crippen molar-refractivity contribution in [3.63, 3.8) is 0 Å². The Morgan fingerprint density at radius 2 is 2.12 bits per heavy atom. The Hall–Kier alpha value is -1.62. The van der Waals surface area contributed by atoms with Gasteiger partial charge in [-0.05, 0) is 25.0 Å². The minimum Gasteiger partial charge on any atom is -0.372 e. The number of aromatic nitrogens is 1. The van der Waals surface area contributed by atoms with Crippen LogP contribution in [0.5, 0.6) is 0 Å². The van der Waals surface area contributed by atoms with Crippen LogP contribution in [0.15, 0.2) is 18.3 Å². The van der Waals surface area contributed by atoms with Crippen molar-refractivity contribution in [2.24, 2.45) is 0 Å². The molecule has 0 atom stereocenters. The van der Waals surface area contributed by atoms with Crippen molar-refractivity contribution in [3.8, 4) is 0 Å². The van der Waals surface area contributed by atoms with Crippen molar-refractivity contribution >= 4 is 11.7 Å². The molecule has 1 saturated heterocycles. The van der Waals surface area contributed by atoms with Crippen molar-refractivity contribution < 1.29 is 4.79 Å². The zero-order chi connectivity index (χ0) is 12.1. The lowest BCUT2D eigenvalue weighted by Crippen LogP contribution is -2.45. The number of piperidine rings is 1. The van der Waals surface area contributed by atoms with Gasteiger partial charge >= 0.3 is 0 Å². The SMILES string of the molecule is CNc1ncccc1C(=O)NN1CCCCC1. The molecule has 0 aromatic carbocycles. The van der Waals surface area contributed by atoms with Gasteiger partial charge in [0, 0.05) is 26.3 Å². The van der Waals surface area contributed by atoms with Crippen LogP contribution in [0, 0.1) is 0 Å². The zero-order valence-electron chi connectivity index (χ0n) is 10.1. The van der Waals surface area contributed by atoms with Crippen LogP contribution in [0.1, 0.15) is 29.6 Å². The largest absolute Gasteiger partial charge is 0.372 e. The molecule has 1 aliphatic heterocycles. The molecule has 5 heteroatoms. The Bertz CT molecular complexity index is 388. The van der Waals surface area contributed by atoms with Gasteiger partial charge in [-0.2, -0.15) is 0 Å². The van der Waals surface area contributed by atoms with Gasteiger partial charge in [0.1, 0.15) is 5.82 Å². The predicted octanol–water partition coefficient (Wildman–Crippen LogP) is 1.25. The van der Waals surface area contributed by atoms with E-state index in [2.05, 4.69) is 15.7 Å². The number of nitrogens with one attached hydrogen (secondary N) is 2. The van der Waals surface area contributed by atoms with E-state index in [-0.39, 0.29) is 5.91 Å². The van der Waals surface area contributed by atoms with Crippen LogP contribution in [0.25, 0.3) is 0 Å². The van der Waals surface area contributed by atoms with Gasteiger partial charge in [0.25, 0.3) is 5.91 Å². The summed E-state index contributed by atoms with van der Waals surface area (Å²) in [5.74, 6) is 0.520. The second kappa shape index (κ2) is 5.63. The molecule has 1 fully saturated rings. The fourth-order valence-corrected chi connectivity index (χ4v) is 2.00. The number of carbonyl (C=O) groups is 1. The Morgan fingerprint density at radius 3 is 2.82 bits per heavy atom. The van der Waals surface area contributed by atoms with E-state index in [1.807, 2.05) is 5.01 Å². The molecule has 92 valence electrons. The first-order valence-electron chi connectivity index (χ1n) is 6.00. The second-order valence-electron chi connectivity index (χ2n) is 4.14. The molecule has 2 rings (SSSR count). The number of hydrogen-bond acceptors (Lipinski definition) is 4. The molecule has 2 heterocycles. The molecule has 0 spiro atoms. The van der Waals surface area contributed by atoms with Crippen LogP contribution in [-0.2, 0) is 0 Å². The number of carbonyl (C=O) groups excluding carboxylic acids is 1. The first-order valence-corrected chi connectivity index (χ1v) is 6.00. The van der Waals surface area contributed by atoms with Gasteiger partial charge in [-0.1, -0.05) is 6.42 Å². The van der Waals surface area contributed by atoms with Gasteiger partial charge in [-0.15, -0.1) is 0 Å². The monoisotopic (exact) mass is 234 g/mol. The third-order valence-electron chi connectivity index (χ3n) is 2.90. The van der Waals surface area contributed by atoms with Crippen molar-refractivity contribution in [1.82, 2.24) is 15.4 Å². The molecule has 1 aromatic rings. The summed E-state index contributed by atoms with van der Waals surface area (Å²) in [5, 5.41) is 4.91. The zero-order valence-corrected chi connectivity index (χ0v) is 10.1. The highest BCUT2D eigenvalue weighted by Crippen LogP contribution is 2.11. The number of anilines is 1. The number of amides is 1. The number of rotatable bonds is 3. The molecule has 0 saturated carbocycles. The lowest BCUT2D eigenvalue weighted by atomic mass is 10.2. The van der Waals surface area contributed by atoms with Crippen LogP contribution in [0.4, 0.5) is 5.82 Å². The topological polar surface area (TPSA) is 57.3 Å². The first kappa shape index (κ1) is 11.9. The van der Waals surface area contributed by atoms with Crippen molar-refractivity contribution in [3.05, 3.63) is 23.9 Å². The van der Waals surface area contributed by atoms with Crippen LogP contribution in [0.3, 0.4) is 0 Å². The lowest BCUT2D eigenvalue weighted by Gasteiger charge is -2.27. The standard InChI is InChI=1S/C12H18N4O/c1-13-11-10(6-5-7-14-11)12(17)15-16-8-3-2-4-9-16/h5-7H,2-4,8-9H2,1H3,(H,13,14)(H,15,17). The minimum absolute atomic E-state index is 0.0932. The lowest BCUT2D eigenvalue weighted by molar-refractivity contribution is 0.0750. The normalized spacial score (nSPS) is 16.5. The molecular formula is C12H18N4O. The van der Waals surface area contributed by atoms with Crippen LogP contribution in [0.2, 0.25) is 0 Å².